The zero-order chi connectivity index (χ0) is 14.1. The molecular weight excluding hydrogens is 237 g/mol. The molecule has 2 heteroatoms. The van der Waals surface area contributed by atoms with Crippen molar-refractivity contribution in [2.75, 3.05) is 6.54 Å². The maximum absolute atomic E-state index is 13.4. The van der Waals surface area contributed by atoms with E-state index in [-0.39, 0.29) is 11.4 Å². The molecule has 0 atom stereocenters. The molecule has 1 aliphatic rings. The molecule has 0 spiro atoms. The van der Waals surface area contributed by atoms with Gasteiger partial charge in [-0.3, -0.25) is 0 Å². The summed E-state index contributed by atoms with van der Waals surface area (Å²) in [4.78, 5) is 0. The van der Waals surface area contributed by atoms with E-state index >= 15 is 0 Å². The van der Waals surface area contributed by atoms with Crippen LogP contribution in [0.15, 0.2) is 18.2 Å². The Morgan fingerprint density at radius 3 is 2.47 bits per heavy atom. The molecule has 19 heavy (non-hydrogen) atoms. The van der Waals surface area contributed by atoms with Crippen molar-refractivity contribution in [1.82, 2.24) is 5.32 Å². The highest BCUT2D eigenvalue weighted by Gasteiger charge is 2.37. The van der Waals surface area contributed by atoms with Crippen LogP contribution >= 0.6 is 0 Å². The molecule has 0 unspecified atom stereocenters. The molecule has 1 saturated carbocycles. The molecule has 0 aromatic heterocycles. The SMILES string of the molecule is Cc1ccc(F)cc1CC1(CNC(C)(C)C)CCC1. The topological polar surface area (TPSA) is 12.0 Å². The summed E-state index contributed by atoms with van der Waals surface area (Å²) >= 11 is 0. The predicted molar refractivity (Wildman–Crippen MR) is 78.9 cm³/mol. The third kappa shape index (κ3) is 3.79. The van der Waals surface area contributed by atoms with Gasteiger partial charge in [-0.15, -0.1) is 0 Å². The van der Waals surface area contributed by atoms with Gasteiger partial charge in [0.05, 0.1) is 0 Å². The summed E-state index contributed by atoms with van der Waals surface area (Å²) in [5, 5.41) is 3.63. The quantitative estimate of drug-likeness (QED) is 0.857. The Hall–Kier alpha value is -0.890. The summed E-state index contributed by atoms with van der Waals surface area (Å²) in [7, 11) is 0. The third-order valence-corrected chi connectivity index (χ3v) is 4.28. The van der Waals surface area contributed by atoms with E-state index in [4.69, 9.17) is 0 Å². The number of halogens is 1. The lowest BCUT2D eigenvalue weighted by atomic mass is 9.64. The molecule has 1 N–H and O–H groups in total. The van der Waals surface area contributed by atoms with Gasteiger partial charge in [0.15, 0.2) is 0 Å². The first-order chi connectivity index (χ1) is 8.80. The first-order valence-electron chi connectivity index (χ1n) is 7.30. The Morgan fingerprint density at radius 2 is 1.95 bits per heavy atom. The maximum atomic E-state index is 13.4. The van der Waals surface area contributed by atoms with E-state index in [1.165, 1.54) is 30.4 Å². The van der Waals surface area contributed by atoms with Crippen molar-refractivity contribution < 1.29 is 4.39 Å². The molecule has 1 aliphatic carbocycles. The van der Waals surface area contributed by atoms with Gasteiger partial charge in [0.1, 0.15) is 5.82 Å². The molecule has 0 amide bonds. The molecule has 0 radical (unpaired) electrons. The summed E-state index contributed by atoms with van der Waals surface area (Å²) in [5.41, 5.74) is 2.88. The highest BCUT2D eigenvalue weighted by molar-refractivity contribution is 5.28. The normalized spacial score (nSPS) is 18.2. The monoisotopic (exact) mass is 263 g/mol. The van der Waals surface area contributed by atoms with Crippen LogP contribution in [0.1, 0.15) is 51.2 Å². The molecule has 106 valence electrons. The van der Waals surface area contributed by atoms with E-state index in [0.717, 1.165) is 13.0 Å². The number of rotatable bonds is 4. The molecular formula is C17H26FN. The van der Waals surface area contributed by atoms with Crippen molar-refractivity contribution in [2.24, 2.45) is 5.41 Å². The maximum Gasteiger partial charge on any atom is 0.123 e. The molecule has 0 bridgehead atoms. The van der Waals surface area contributed by atoms with Crippen LogP contribution < -0.4 is 5.32 Å². The van der Waals surface area contributed by atoms with Crippen molar-refractivity contribution >= 4 is 0 Å². The minimum atomic E-state index is -0.112. The second-order valence-electron chi connectivity index (χ2n) is 7.20. The van der Waals surface area contributed by atoms with Crippen molar-refractivity contribution in [3.8, 4) is 0 Å². The number of benzene rings is 1. The van der Waals surface area contributed by atoms with Crippen LogP contribution in [0, 0.1) is 18.2 Å². The zero-order valence-electron chi connectivity index (χ0n) is 12.6. The number of hydrogen-bond acceptors (Lipinski definition) is 1. The molecule has 1 aromatic rings. The zero-order valence-corrected chi connectivity index (χ0v) is 12.6. The summed E-state index contributed by atoms with van der Waals surface area (Å²) in [6.07, 6.45) is 4.82. The highest BCUT2D eigenvalue weighted by Crippen LogP contribution is 2.44. The van der Waals surface area contributed by atoms with Crippen LogP contribution in [0.2, 0.25) is 0 Å². The number of aryl methyl sites for hydroxylation is 1. The van der Waals surface area contributed by atoms with Crippen molar-refractivity contribution in [1.29, 1.82) is 0 Å². The van der Waals surface area contributed by atoms with Gasteiger partial charge < -0.3 is 5.32 Å². The summed E-state index contributed by atoms with van der Waals surface area (Å²) in [5.74, 6) is -0.112. The van der Waals surface area contributed by atoms with Gasteiger partial charge >= 0.3 is 0 Å². The first kappa shape index (κ1) is 14.5. The molecule has 1 nitrogen and oxygen atoms in total. The lowest BCUT2D eigenvalue weighted by Gasteiger charge is -2.44. The Bertz CT molecular complexity index is 441. The van der Waals surface area contributed by atoms with Crippen LogP contribution in [-0.4, -0.2) is 12.1 Å². The average Bonchev–Trinajstić information content (AvgIpc) is 2.25. The predicted octanol–water partition coefficient (Wildman–Crippen LogP) is 4.24. The Morgan fingerprint density at radius 1 is 1.26 bits per heavy atom. The summed E-state index contributed by atoms with van der Waals surface area (Å²) in [6, 6.07) is 5.17. The van der Waals surface area contributed by atoms with Crippen molar-refractivity contribution in [2.45, 2.75) is 58.9 Å². The minimum absolute atomic E-state index is 0.112. The molecule has 0 saturated heterocycles. The fourth-order valence-electron chi connectivity index (χ4n) is 2.78. The van der Waals surface area contributed by atoms with Crippen molar-refractivity contribution in [3.05, 3.63) is 35.1 Å². The molecule has 0 heterocycles. The molecule has 2 rings (SSSR count). The van der Waals surface area contributed by atoms with E-state index in [9.17, 15) is 4.39 Å². The van der Waals surface area contributed by atoms with Gasteiger partial charge in [-0.1, -0.05) is 12.5 Å². The van der Waals surface area contributed by atoms with E-state index in [2.05, 4.69) is 33.0 Å². The lowest BCUT2D eigenvalue weighted by Crippen LogP contribution is -2.48. The third-order valence-electron chi connectivity index (χ3n) is 4.28. The van der Waals surface area contributed by atoms with Crippen LogP contribution in [0.3, 0.4) is 0 Å². The van der Waals surface area contributed by atoms with Gasteiger partial charge in [0.25, 0.3) is 0 Å². The molecule has 1 fully saturated rings. The van der Waals surface area contributed by atoms with Crippen LogP contribution in [0.25, 0.3) is 0 Å². The van der Waals surface area contributed by atoms with E-state index in [1.54, 1.807) is 12.1 Å². The fourth-order valence-corrected chi connectivity index (χ4v) is 2.78. The Balaban J connectivity index is 2.08. The van der Waals surface area contributed by atoms with E-state index in [0.29, 0.717) is 5.41 Å². The van der Waals surface area contributed by atoms with Crippen LogP contribution in [0.5, 0.6) is 0 Å². The Labute approximate surface area is 116 Å². The summed E-state index contributed by atoms with van der Waals surface area (Å²) in [6.45, 7) is 9.72. The fraction of sp³-hybridized carbons (Fsp3) is 0.647. The van der Waals surface area contributed by atoms with E-state index in [1.807, 2.05) is 6.07 Å². The smallest absolute Gasteiger partial charge is 0.123 e. The van der Waals surface area contributed by atoms with Crippen molar-refractivity contribution in [3.63, 3.8) is 0 Å². The molecule has 1 aromatic carbocycles. The van der Waals surface area contributed by atoms with Gasteiger partial charge in [-0.25, -0.2) is 4.39 Å². The van der Waals surface area contributed by atoms with Gasteiger partial charge in [-0.2, -0.15) is 0 Å². The summed E-state index contributed by atoms with van der Waals surface area (Å²) < 4.78 is 13.4. The lowest BCUT2D eigenvalue weighted by molar-refractivity contribution is 0.118. The second kappa shape index (κ2) is 5.24. The largest absolute Gasteiger partial charge is 0.312 e. The minimum Gasteiger partial charge on any atom is -0.312 e. The highest BCUT2D eigenvalue weighted by atomic mass is 19.1. The van der Waals surface area contributed by atoms with Gasteiger partial charge in [0, 0.05) is 12.1 Å². The van der Waals surface area contributed by atoms with E-state index < -0.39 is 0 Å². The number of hydrogen-bond donors (Lipinski definition) is 1. The Kier molecular flexibility index (Phi) is 4.00. The first-order valence-corrected chi connectivity index (χ1v) is 7.30. The number of nitrogens with one attached hydrogen (secondary N) is 1. The second-order valence-corrected chi connectivity index (χ2v) is 7.20. The van der Waals surface area contributed by atoms with Gasteiger partial charge in [0.2, 0.25) is 0 Å². The van der Waals surface area contributed by atoms with Gasteiger partial charge in [-0.05, 0) is 75.6 Å². The molecule has 0 aliphatic heterocycles. The average molecular weight is 263 g/mol. The van der Waals surface area contributed by atoms with Crippen LogP contribution in [0.4, 0.5) is 4.39 Å². The van der Waals surface area contributed by atoms with Crippen LogP contribution in [-0.2, 0) is 6.42 Å². The standard InChI is InChI=1S/C17H26FN/c1-13-6-7-15(18)10-14(13)11-17(8-5-9-17)12-19-16(2,3)4/h6-7,10,19H,5,8-9,11-12H2,1-4H3.